The minimum Gasteiger partial charge on any atom is -0.488 e. The average Bonchev–Trinajstić information content (AvgIpc) is 2.96. The van der Waals surface area contributed by atoms with E-state index in [1.54, 1.807) is 56.3 Å². The van der Waals surface area contributed by atoms with E-state index in [0.717, 1.165) is 5.56 Å². The second kappa shape index (κ2) is 13.1. The van der Waals surface area contributed by atoms with Gasteiger partial charge in [0.15, 0.2) is 6.04 Å². The van der Waals surface area contributed by atoms with Gasteiger partial charge in [-0.05, 0) is 78.1 Å². The molecular formula is C31H29ClN2O7S. The Morgan fingerprint density at radius 2 is 1.62 bits per heavy atom. The zero-order valence-electron chi connectivity index (χ0n) is 22.8. The smallest absolute Gasteiger partial charge is 0.328 e. The highest BCUT2D eigenvalue weighted by molar-refractivity contribution is 7.92. The highest BCUT2D eigenvalue weighted by Crippen LogP contribution is 2.31. The maximum absolute atomic E-state index is 13.2. The van der Waals surface area contributed by atoms with Crippen molar-refractivity contribution in [3.8, 4) is 16.9 Å². The molecule has 42 heavy (non-hydrogen) atoms. The fraction of sp³-hybridized carbons (Fsp3) is 0.161. The first-order valence-electron chi connectivity index (χ1n) is 12.8. The molecule has 1 amide bonds. The number of aliphatic hydroxyl groups is 1. The Hall–Kier alpha value is -4.38. The minimum atomic E-state index is -3.92. The zero-order valence-corrected chi connectivity index (χ0v) is 24.4. The number of ether oxygens (including phenoxy) is 1. The van der Waals surface area contributed by atoms with E-state index in [1.165, 1.54) is 12.1 Å². The van der Waals surface area contributed by atoms with Crippen LogP contribution in [0.5, 0.6) is 5.75 Å². The number of halogens is 1. The summed E-state index contributed by atoms with van der Waals surface area (Å²) in [6.45, 7) is 2.75. The van der Waals surface area contributed by atoms with Crippen LogP contribution in [0.4, 0.5) is 5.69 Å². The predicted octanol–water partition coefficient (Wildman–Crippen LogP) is 5.18. The molecule has 1 atom stereocenters. The molecule has 4 aromatic rings. The summed E-state index contributed by atoms with van der Waals surface area (Å²) in [7, 11) is -3.92. The van der Waals surface area contributed by atoms with Crippen LogP contribution < -0.4 is 14.8 Å². The number of aliphatic carboxylic acids is 1. The number of aliphatic hydroxyl groups excluding tert-OH is 1. The number of nitrogens with one attached hydrogen (secondary N) is 2. The number of anilines is 1. The third-order valence-corrected chi connectivity index (χ3v) is 8.37. The van der Waals surface area contributed by atoms with Crippen molar-refractivity contribution in [1.82, 2.24) is 5.32 Å². The molecule has 0 aliphatic carbocycles. The van der Waals surface area contributed by atoms with Gasteiger partial charge >= 0.3 is 5.97 Å². The first-order chi connectivity index (χ1) is 20.0. The van der Waals surface area contributed by atoms with Crippen LogP contribution in [0.2, 0.25) is 5.02 Å². The van der Waals surface area contributed by atoms with Gasteiger partial charge in [-0.25, -0.2) is 13.2 Å². The third kappa shape index (κ3) is 7.27. The number of rotatable bonds is 11. The van der Waals surface area contributed by atoms with Crippen molar-refractivity contribution in [3.05, 3.63) is 112 Å². The predicted molar refractivity (Wildman–Crippen MR) is 160 cm³/mol. The quantitative estimate of drug-likeness (QED) is 0.184. The molecule has 0 saturated heterocycles. The van der Waals surface area contributed by atoms with Crippen molar-refractivity contribution in [3.63, 3.8) is 0 Å². The number of carbonyl (C=O) groups excluding carboxylic acids is 1. The highest BCUT2D eigenvalue weighted by atomic mass is 35.5. The van der Waals surface area contributed by atoms with Gasteiger partial charge in [0.25, 0.3) is 15.9 Å². The largest absolute Gasteiger partial charge is 0.488 e. The number of carboxylic acid groups (broad SMARTS) is 1. The fourth-order valence-corrected chi connectivity index (χ4v) is 5.76. The van der Waals surface area contributed by atoms with Crippen molar-refractivity contribution in [2.24, 2.45) is 0 Å². The molecule has 4 rings (SSSR count). The maximum Gasteiger partial charge on any atom is 0.328 e. The lowest BCUT2D eigenvalue weighted by Gasteiger charge is -2.16. The van der Waals surface area contributed by atoms with Gasteiger partial charge in [0.05, 0.1) is 17.1 Å². The number of amides is 1. The Morgan fingerprint density at radius 3 is 2.31 bits per heavy atom. The molecule has 0 unspecified atom stereocenters. The number of hydrogen-bond acceptors (Lipinski definition) is 6. The Labute approximate surface area is 248 Å². The van der Waals surface area contributed by atoms with E-state index < -0.39 is 34.5 Å². The summed E-state index contributed by atoms with van der Waals surface area (Å²) in [5.41, 5.74) is 3.63. The highest BCUT2D eigenvalue weighted by Gasteiger charge is 2.23. The molecule has 4 aromatic carbocycles. The summed E-state index contributed by atoms with van der Waals surface area (Å²) in [6.07, 6.45) is 0. The van der Waals surface area contributed by atoms with E-state index in [9.17, 15) is 28.2 Å². The molecule has 0 heterocycles. The minimum absolute atomic E-state index is 0.0693. The number of carboxylic acids is 1. The molecule has 0 bridgehead atoms. The molecule has 9 nitrogen and oxygen atoms in total. The van der Waals surface area contributed by atoms with Gasteiger partial charge in [0.2, 0.25) is 0 Å². The Kier molecular flexibility index (Phi) is 9.52. The van der Waals surface area contributed by atoms with Gasteiger partial charge in [-0.1, -0.05) is 60.1 Å². The van der Waals surface area contributed by atoms with E-state index in [0.29, 0.717) is 33.0 Å². The second-order valence-electron chi connectivity index (χ2n) is 9.59. The molecule has 0 radical (unpaired) electrons. The molecule has 11 heteroatoms. The van der Waals surface area contributed by atoms with Crippen LogP contribution in [0, 0.1) is 13.8 Å². The van der Waals surface area contributed by atoms with Crippen LogP contribution in [0.3, 0.4) is 0 Å². The van der Waals surface area contributed by atoms with Gasteiger partial charge in [0, 0.05) is 10.7 Å². The molecule has 0 aliphatic rings. The normalized spacial score (nSPS) is 11.9. The van der Waals surface area contributed by atoms with Crippen LogP contribution >= 0.6 is 11.6 Å². The third-order valence-electron chi connectivity index (χ3n) is 6.44. The topological polar surface area (TPSA) is 142 Å². The first-order valence-corrected chi connectivity index (χ1v) is 14.7. The molecular weight excluding hydrogens is 580 g/mol. The zero-order chi connectivity index (χ0) is 30.4. The van der Waals surface area contributed by atoms with E-state index >= 15 is 0 Å². The SMILES string of the molecule is Cc1cc(S(=O)(=O)Nc2cccc(-c3ccc(C(=O)N[C@@H](CO)C(=O)O)c(OCc4ccccc4)c3)c2)c(C)cc1Cl. The van der Waals surface area contributed by atoms with Gasteiger partial charge < -0.3 is 20.3 Å². The van der Waals surface area contributed by atoms with Gasteiger partial charge in [0.1, 0.15) is 12.4 Å². The Morgan fingerprint density at radius 1 is 0.905 bits per heavy atom. The van der Waals surface area contributed by atoms with E-state index in [2.05, 4.69) is 10.0 Å². The Bertz CT molecular complexity index is 1730. The molecule has 0 aromatic heterocycles. The number of benzene rings is 4. The fourth-order valence-electron chi connectivity index (χ4n) is 4.18. The van der Waals surface area contributed by atoms with Gasteiger partial charge in [-0.2, -0.15) is 0 Å². The summed E-state index contributed by atoms with van der Waals surface area (Å²) in [6, 6.07) is 22.4. The molecule has 0 saturated carbocycles. The molecule has 0 aliphatic heterocycles. The van der Waals surface area contributed by atoms with Crippen LogP contribution in [0.1, 0.15) is 27.0 Å². The average molecular weight is 609 g/mol. The molecule has 218 valence electrons. The summed E-state index contributed by atoms with van der Waals surface area (Å²) < 4.78 is 35.0. The van der Waals surface area contributed by atoms with E-state index in [-0.39, 0.29) is 22.8 Å². The van der Waals surface area contributed by atoms with Crippen molar-refractivity contribution in [1.29, 1.82) is 0 Å². The summed E-state index contributed by atoms with van der Waals surface area (Å²) >= 11 is 6.14. The van der Waals surface area contributed by atoms with Crippen LogP contribution in [0.15, 0.2) is 89.8 Å². The van der Waals surface area contributed by atoms with Crippen LogP contribution in [-0.2, 0) is 21.4 Å². The number of hydrogen-bond donors (Lipinski definition) is 4. The lowest BCUT2D eigenvalue weighted by molar-refractivity contribution is -0.140. The van der Waals surface area contributed by atoms with Crippen molar-refractivity contribution in [2.45, 2.75) is 31.4 Å². The van der Waals surface area contributed by atoms with Crippen molar-refractivity contribution >= 4 is 39.2 Å². The summed E-state index contributed by atoms with van der Waals surface area (Å²) in [5.74, 6) is -1.94. The second-order valence-corrected chi connectivity index (χ2v) is 11.6. The number of aryl methyl sites for hydroxylation is 2. The monoisotopic (exact) mass is 608 g/mol. The lowest BCUT2D eigenvalue weighted by atomic mass is 10.0. The van der Waals surface area contributed by atoms with E-state index in [4.69, 9.17) is 16.3 Å². The van der Waals surface area contributed by atoms with Crippen LogP contribution in [0.25, 0.3) is 11.1 Å². The summed E-state index contributed by atoms with van der Waals surface area (Å²) in [4.78, 5) is 24.4. The van der Waals surface area contributed by atoms with Gasteiger partial charge in [-0.3, -0.25) is 9.52 Å². The molecule has 0 fully saturated rings. The van der Waals surface area contributed by atoms with Gasteiger partial charge in [-0.15, -0.1) is 0 Å². The van der Waals surface area contributed by atoms with Crippen molar-refractivity contribution in [2.75, 3.05) is 11.3 Å². The lowest BCUT2D eigenvalue weighted by Crippen LogP contribution is -2.43. The van der Waals surface area contributed by atoms with E-state index in [1.807, 2.05) is 30.3 Å². The van der Waals surface area contributed by atoms with Crippen LogP contribution in [-0.4, -0.2) is 43.2 Å². The molecule has 4 N–H and O–H groups in total. The maximum atomic E-state index is 13.2. The van der Waals surface area contributed by atoms with Crippen molar-refractivity contribution < 1.29 is 33.0 Å². The standard InChI is InChI=1S/C31H29ClN2O7S/c1-19-14-29(20(2)13-26(19)32)42(39,40)34-24-10-6-9-22(15-24)23-11-12-25(30(36)33-27(17-35)31(37)38)28(16-23)41-18-21-7-4-3-5-8-21/h3-16,27,34-35H,17-18H2,1-2H3,(H,33,36)(H,37,38)/t27-/m0/s1. The summed E-state index contributed by atoms with van der Waals surface area (Å²) in [5, 5.41) is 21.4. The first kappa shape index (κ1) is 30.6. The molecule has 0 spiro atoms. The number of carbonyl (C=O) groups is 2. The Balaban J connectivity index is 1.66. The number of sulfonamides is 1.